The van der Waals surface area contributed by atoms with Crippen LogP contribution in [0.15, 0.2) is 82.6 Å². The quantitative estimate of drug-likeness (QED) is 0.226. The van der Waals surface area contributed by atoms with Gasteiger partial charge in [-0.25, -0.2) is 14.1 Å². The van der Waals surface area contributed by atoms with E-state index in [1.165, 1.54) is 41.0 Å². The van der Waals surface area contributed by atoms with Crippen LogP contribution in [0.3, 0.4) is 0 Å². The second-order valence-corrected chi connectivity index (χ2v) is 12.5. The number of anilines is 2. The van der Waals surface area contributed by atoms with Crippen LogP contribution in [0.1, 0.15) is 39.2 Å². The number of thioether (sulfide) groups is 1. The van der Waals surface area contributed by atoms with Crippen LogP contribution in [-0.4, -0.2) is 40.1 Å². The summed E-state index contributed by atoms with van der Waals surface area (Å²) in [6, 6.07) is 18.9. The Labute approximate surface area is 259 Å². The number of aryl methyl sites for hydroxylation is 1. The molecule has 3 amide bonds. The van der Waals surface area contributed by atoms with Crippen LogP contribution in [0.5, 0.6) is 0 Å². The molecule has 1 aromatic heterocycles. The highest BCUT2D eigenvalue weighted by Crippen LogP contribution is 2.53. The summed E-state index contributed by atoms with van der Waals surface area (Å²) < 4.78 is 20.3. The SMILES string of the molecule is CCOC(=O)c1ccc(N2C(=O)C3Sc4c(sc(=O)n4CC(=O)Nc4ccccc4C)[C@H](c4ccc(F)cc4)C3C2=O)cc1. The predicted molar refractivity (Wildman–Crippen MR) is 165 cm³/mol. The fraction of sp³-hybridized carbons (Fsp3) is 0.219. The molecule has 3 aromatic carbocycles. The Morgan fingerprint density at radius 3 is 2.34 bits per heavy atom. The number of ether oxygens (including phenoxy) is 1. The van der Waals surface area contributed by atoms with Crippen LogP contribution >= 0.6 is 23.1 Å². The third-order valence-corrected chi connectivity index (χ3v) is 10.2. The minimum Gasteiger partial charge on any atom is -0.462 e. The average Bonchev–Trinajstić information content (AvgIpc) is 3.45. The summed E-state index contributed by atoms with van der Waals surface area (Å²) in [6.45, 7) is 3.47. The van der Waals surface area contributed by atoms with Crippen molar-refractivity contribution in [2.75, 3.05) is 16.8 Å². The van der Waals surface area contributed by atoms with Crippen molar-refractivity contribution >= 4 is 58.2 Å². The molecule has 1 fully saturated rings. The number of carbonyl (C=O) groups excluding carboxylic acids is 4. The Morgan fingerprint density at radius 2 is 1.66 bits per heavy atom. The molecule has 0 radical (unpaired) electrons. The molecule has 9 nitrogen and oxygen atoms in total. The van der Waals surface area contributed by atoms with Crippen molar-refractivity contribution in [3.63, 3.8) is 0 Å². The molecule has 0 bridgehead atoms. The molecule has 0 aliphatic carbocycles. The van der Waals surface area contributed by atoms with Crippen molar-refractivity contribution < 1.29 is 28.3 Å². The molecule has 6 rings (SSSR count). The zero-order chi connectivity index (χ0) is 31.1. The second kappa shape index (κ2) is 11.9. The first kappa shape index (κ1) is 29.5. The molecule has 1 N–H and O–H groups in total. The molecule has 2 unspecified atom stereocenters. The Kier molecular flexibility index (Phi) is 7.95. The lowest BCUT2D eigenvalue weighted by Crippen LogP contribution is -2.33. The maximum absolute atomic E-state index is 14.0. The van der Waals surface area contributed by atoms with Gasteiger partial charge in [-0.1, -0.05) is 53.4 Å². The van der Waals surface area contributed by atoms with Gasteiger partial charge in [-0.05, 0) is 67.4 Å². The number of carbonyl (C=O) groups is 4. The lowest BCUT2D eigenvalue weighted by Gasteiger charge is -2.30. The average molecular weight is 632 g/mol. The molecule has 1 saturated heterocycles. The standard InChI is InChI=1S/C32H26FN3O6S2/c1-3-42-31(40)19-10-14-21(15-11-19)36-28(38)25-24(18-8-12-20(33)13-9-18)27-30(43-26(25)29(36)39)35(32(41)44-27)16-23(37)34-22-7-5-4-6-17(22)2/h4-15,24-26H,3,16H2,1-2H3,(H,34,37)/t24-,25?,26?/m1/s1. The molecular formula is C32H26FN3O6S2. The number of imide groups is 1. The topological polar surface area (TPSA) is 115 Å². The summed E-state index contributed by atoms with van der Waals surface area (Å²) in [7, 11) is 0. The highest BCUT2D eigenvalue weighted by atomic mass is 32.2. The van der Waals surface area contributed by atoms with E-state index in [9.17, 15) is 28.4 Å². The Balaban J connectivity index is 1.37. The summed E-state index contributed by atoms with van der Waals surface area (Å²) in [5.41, 5.74) is 2.62. The van der Waals surface area contributed by atoms with Gasteiger partial charge in [0.05, 0.1) is 28.8 Å². The number of benzene rings is 3. The Bertz CT molecular complexity index is 1850. The van der Waals surface area contributed by atoms with Gasteiger partial charge in [0, 0.05) is 16.5 Å². The summed E-state index contributed by atoms with van der Waals surface area (Å²) in [4.78, 5) is 67.7. The first-order chi connectivity index (χ1) is 21.2. The van der Waals surface area contributed by atoms with Crippen molar-refractivity contribution in [2.24, 2.45) is 5.92 Å². The molecule has 2 aliphatic rings. The van der Waals surface area contributed by atoms with Crippen LogP contribution in [0.25, 0.3) is 0 Å². The molecule has 0 saturated carbocycles. The number of hydrogen-bond acceptors (Lipinski definition) is 8. The zero-order valence-corrected chi connectivity index (χ0v) is 25.2. The van der Waals surface area contributed by atoms with Crippen molar-refractivity contribution in [3.8, 4) is 0 Å². The van der Waals surface area contributed by atoms with E-state index < -0.39 is 51.5 Å². The van der Waals surface area contributed by atoms with Gasteiger partial charge in [0.1, 0.15) is 17.6 Å². The normalized spacial score (nSPS) is 19.0. The van der Waals surface area contributed by atoms with Gasteiger partial charge in [0.2, 0.25) is 17.7 Å². The fourth-order valence-electron chi connectivity index (χ4n) is 5.55. The number of halogens is 1. The maximum atomic E-state index is 14.0. The molecule has 0 spiro atoms. The number of fused-ring (bicyclic) bond motifs is 2. The highest BCUT2D eigenvalue weighted by molar-refractivity contribution is 8.00. The van der Waals surface area contributed by atoms with E-state index in [1.54, 1.807) is 31.2 Å². The number of nitrogens with zero attached hydrogens (tertiary/aromatic N) is 2. The largest absolute Gasteiger partial charge is 0.462 e. The molecule has 3 heterocycles. The van der Waals surface area contributed by atoms with Gasteiger partial charge in [0.25, 0.3) is 0 Å². The van der Waals surface area contributed by atoms with E-state index in [0.29, 0.717) is 26.8 Å². The predicted octanol–water partition coefficient (Wildman–Crippen LogP) is 4.97. The van der Waals surface area contributed by atoms with Crippen molar-refractivity contribution in [2.45, 2.75) is 36.6 Å². The summed E-state index contributed by atoms with van der Waals surface area (Å²) in [6.07, 6.45) is 0. The van der Waals surface area contributed by atoms with Crippen LogP contribution in [0.2, 0.25) is 0 Å². The lowest BCUT2D eigenvalue weighted by molar-refractivity contribution is -0.122. The van der Waals surface area contributed by atoms with E-state index in [1.807, 2.05) is 19.1 Å². The van der Waals surface area contributed by atoms with E-state index in [2.05, 4.69) is 5.32 Å². The van der Waals surface area contributed by atoms with Crippen LogP contribution in [0, 0.1) is 18.7 Å². The van der Waals surface area contributed by atoms with Gasteiger partial charge in [-0.3, -0.25) is 23.7 Å². The van der Waals surface area contributed by atoms with Crippen LogP contribution < -0.4 is 15.1 Å². The van der Waals surface area contributed by atoms with Gasteiger partial charge < -0.3 is 10.1 Å². The first-order valence-corrected chi connectivity index (χ1v) is 15.5. The van der Waals surface area contributed by atoms with Gasteiger partial charge >= 0.3 is 10.8 Å². The number of esters is 1. The Hall–Kier alpha value is -4.55. The summed E-state index contributed by atoms with van der Waals surface area (Å²) in [5, 5.41) is 2.35. The summed E-state index contributed by atoms with van der Waals surface area (Å²) in [5.74, 6) is -3.97. The molecule has 224 valence electrons. The van der Waals surface area contributed by atoms with Crippen LogP contribution in [0.4, 0.5) is 15.8 Å². The number of rotatable bonds is 7. The Morgan fingerprint density at radius 1 is 0.955 bits per heavy atom. The molecule has 3 atom stereocenters. The number of nitrogens with one attached hydrogen (secondary N) is 1. The monoisotopic (exact) mass is 631 g/mol. The molecule has 4 aromatic rings. The third kappa shape index (κ3) is 5.24. The number of aromatic nitrogens is 1. The molecule has 44 heavy (non-hydrogen) atoms. The number of para-hydroxylation sites is 1. The molecular weight excluding hydrogens is 605 g/mol. The van der Waals surface area contributed by atoms with Gasteiger partial charge in [-0.2, -0.15) is 0 Å². The zero-order valence-electron chi connectivity index (χ0n) is 23.6. The van der Waals surface area contributed by atoms with Gasteiger partial charge in [-0.15, -0.1) is 0 Å². The molecule has 2 aliphatic heterocycles. The van der Waals surface area contributed by atoms with Crippen molar-refractivity contribution in [1.29, 1.82) is 0 Å². The molecule has 12 heteroatoms. The van der Waals surface area contributed by atoms with Crippen molar-refractivity contribution in [3.05, 3.63) is 110 Å². The summed E-state index contributed by atoms with van der Waals surface area (Å²) >= 11 is 2.00. The van der Waals surface area contributed by atoms with Gasteiger partial charge in [0.15, 0.2) is 0 Å². The highest BCUT2D eigenvalue weighted by Gasteiger charge is 2.56. The third-order valence-electron chi connectivity index (χ3n) is 7.64. The van der Waals surface area contributed by atoms with E-state index in [0.717, 1.165) is 33.6 Å². The number of hydrogen-bond donors (Lipinski definition) is 1. The lowest BCUT2D eigenvalue weighted by atomic mass is 9.83. The van der Waals surface area contributed by atoms with Crippen LogP contribution in [-0.2, 0) is 25.7 Å². The fourth-order valence-corrected chi connectivity index (χ4v) is 8.32. The smallest absolute Gasteiger partial charge is 0.338 e. The van der Waals surface area contributed by atoms with E-state index in [4.69, 9.17) is 4.74 Å². The first-order valence-electron chi connectivity index (χ1n) is 13.8. The maximum Gasteiger partial charge on any atom is 0.338 e. The van der Waals surface area contributed by atoms with Crippen molar-refractivity contribution in [1.82, 2.24) is 4.57 Å². The van der Waals surface area contributed by atoms with E-state index >= 15 is 0 Å². The number of amides is 3. The number of thiazole rings is 1. The second-order valence-electron chi connectivity index (χ2n) is 10.4. The van der Waals surface area contributed by atoms with E-state index in [-0.39, 0.29) is 18.7 Å². The minimum absolute atomic E-state index is 0.206. The minimum atomic E-state index is -0.908.